The predicted molar refractivity (Wildman–Crippen MR) is 87.2 cm³/mol. The van der Waals surface area contributed by atoms with Gasteiger partial charge < -0.3 is 0 Å². The molecule has 0 fully saturated rings. The summed E-state index contributed by atoms with van der Waals surface area (Å²) < 4.78 is 14.6. The maximum Gasteiger partial charge on any atom is 0.235 e. The fourth-order valence-electron chi connectivity index (χ4n) is 2.12. The van der Waals surface area contributed by atoms with Crippen molar-refractivity contribution in [3.05, 3.63) is 65.2 Å². The van der Waals surface area contributed by atoms with Gasteiger partial charge in [-0.15, -0.1) is 10.2 Å². The van der Waals surface area contributed by atoms with E-state index in [0.717, 1.165) is 21.1 Å². The molecule has 7 heteroatoms. The normalized spacial score (nSPS) is 11.5. The summed E-state index contributed by atoms with van der Waals surface area (Å²) in [7, 11) is 0. The van der Waals surface area contributed by atoms with E-state index in [1.807, 2.05) is 24.3 Å². The molecular formula is C16H10FN5S. The first-order valence-corrected chi connectivity index (χ1v) is 7.67. The highest BCUT2D eigenvalue weighted by Crippen LogP contribution is 2.22. The van der Waals surface area contributed by atoms with Crippen molar-refractivity contribution in [3.63, 3.8) is 0 Å². The van der Waals surface area contributed by atoms with Crippen LogP contribution in [0.2, 0.25) is 0 Å². The highest BCUT2D eigenvalue weighted by molar-refractivity contribution is 7.17. The van der Waals surface area contributed by atoms with Gasteiger partial charge in [-0.3, -0.25) is 4.98 Å². The van der Waals surface area contributed by atoms with Gasteiger partial charge in [-0.05, 0) is 35.9 Å². The molecule has 1 aromatic carbocycles. The lowest BCUT2D eigenvalue weighted by molar-refractivity contribution is 0.628. The highest BCUT2D eigenvalue weighted by Gasteiger charge is 2.11. The molecule has 0 spiro atoms. The van der Waals surface area contributed by atoms with Crippen molar-refractivity contribution < 1.29 is 4.39 Å². The minimum atomic E-state index is -0.247. The van der Waals surface area contributed by atoms with Gasteiger partial charge in [-0.25, -0.2) is 4.39 Å². The van der Waals surface area contributed by atoms with Crippen LogP contribution in [-0.4, -0.2) is 24.8 Å². The van der Waals surface area contributed by atoms with Crippen molar-refractivity contribution in [2.45, 2.75) is 0 Å². The first-order valence-electron chi connectivity index (χ1n) is 6.86. The fourth-order valence-corrected chi connectivity index (χ4v) is 2.86. The van der Waals surface area contributed by atoms with Crippen LogP contribution in [0.3, 0.4) is 0 Å². The monoisotopic (exact) mass is 323 g/mol. The van der Waals surface area contributed by atoms with E-state index >= 15 is 0 Å². The number of fused-ring (bicyclic) bond motifs is 1. The summed E-state index contributed by atoms with van der Waals surface area (Å²) in [5.74, 6) is 0.433. The zero-order chi connectivity index (χ0) is 15.6. The zero-order valence-corrected chi connectivity index (χ0v) is 12.6. The molecule has 0 unspecified atom stereocenters. The second-order valence-corrected chi connectivity index (χ2v) is 5.77. The number of hydrogen-bond acceptors (Lipinski definition) is 5. The van der Waals surface area contributed by atoms with Crippen molar-refractivity contribution in [2.24, 2.45) is 0 Å². The third-order valence-corrected chi connectivity index (χ3v) is 4.10. The highest BCUT2D eigenvalue weighted by atomic mass is 32.1. The van der Waals surface area contributed by atoms with E-state index in [0.29, 0.717) is 5.82 Å². The topological polar surface area (TPSA) is 56.0 Å². The molecule has 4 rings (SSSR count). The van der Waals surface area contributed by atoms with Crippen LogP contribution in [0.4, 0.5) is 4.39 Å². The summed E-state index contributed by atoms with van der Waals surface area (Å²) in [6.45, 7) is 0. The summed E-state index contributed by atoms with van der Waals surface area (Å²) in [6.07, 6.45) is 7.18. The Labute approximate surface area is 134 Å². The van der Waals surface area contributed by atoms with Gasteiger partial charge in [-0.2, -0.15) is 9.61 Å². The van der Waals surface area contributed by atoms with Crippen LogP contribution < -0.4 is 0 Å². The molecule has 0 saturated heterocycles. The summed E-state index contributed by atoms with van der Waals surface area (Å²) in [6, 6.07) is 10.0. The van der Waals surface area contributed by atoms with E-state index in [-0.39, 0.29) is 5.82 Å². The van der Waals surface area contributed by atoms with Crippen LogP contribution in [0.15, 0.2) is 48.8 Å². The van der Waals surface area contributed by atoms with Crippen molar-refractivity contribution in [1.29, 1.82) is 0 Å². The standard InChI is InChI=1S/C16H10FN5S/c17-13-4-1-11(2-5-13)3-6-14-21-22-15(19-20-16(22)23-14)12-7-9-18-10-8-12/h1-10H. The first kappa shape index (κ1) is 13.7. The van der Waals surface area contributed by atoms with Crippen molar-refractivity contribution in [1.82, 2.24) is 24.8 Å². The zero-order valence-electron chi connectivity index (χ0n) is 11.8. The Kier molecular flexibility index (Phi) is 3.39. The Bertz CT molecular complexity index is 973. The minimum Gasteiger partial charge on any atom is -0.265 e. The molecule has 3 heterocycles. The molecule has 0 amide bonds. The molecule has 0 N–H and O–H groups in total. The number of rotatable bonds is 3. The second kappa shape index (κ2) is 5.69. The van der Waals surface area contributed by atoms with Gasteiger partial charge >= 0.3 is 0 Å². The number of hydrogen-bond donors (Lipinski definition) is 0. The summed E-state index contributed by atoms with van der Waals surface area (Å²) in [4.78, 5) is 4.71. The lowest BCUT2D eigenvalue weighted by Gasteiger charge is -1.94. The van der Waals surface area contributed by atoms with Gasteiger partial charge in [-0.1, -0.05) is 29.5 Å². The van der Waals surface area contributed by atoms with Crippen molar-refractivity contribution >= 4 is 28.4 Å². The van der Waals surface area contributed by atoms with Crippen LogP contribution in [-0.2, 0) is 0 Å². The molecule has 4 aromatic rings. The quantitative estimate of drug-likeness (QED) is 0.578. The number of pyridine rings is 1. The Morgan fingerprint density at radius 1 is 0.957 bits per heavy atom. The molecule has 23 heavy (non-hydrogen) atoms. The van der Waals surface area contributed by atoms with Gasteiger partial charge in [0.2, 0.25) is 4.96 Å². The van der Waals surface area contributed by atoms with E-state index in [4.69, 9.17) is 0 Å². The number of halogens is 1. The van der Waals surface area contributed by atoms with Gasteiger partial charge in [0.25, 0.3) is 0 Å². The maximum absolute atomic E-state index is 12.9. The third-order valence-electron chi connectivity index (χ3n) is 3.23. The molecule has 0 saturated carbocycles. The summed E-state index contributed by atoms with van der Waals surface area (Å²) >= 11 is 1.44. The van der Waals surface area contributed by atoms with Gasteiger partial charge in [0.15, 0.2) is 5.82 Å². The van der Waals surface area contributed by atoms with E-state index in [1.165, 1.54) is 23.5 Å². The van der Waals surface area contributed by atoms with Crippen molar-refractivity contribution in [3.8, 4) is 11.4 Å². The van der Waals surface area contributed by atoms with E-state index in [2.05, 4.69) is 20.3 Å². The molecule has 0 aliphatic carbocycles. The Balaban J connectivity index is 1.67. The Hall–Kier alpha value is -2.93. The molecule has 0 aliphatic rings. The number of benzene rings is 1. The summed E-state index contributed by atoms with van der Waals surface area (Å²) in [5, 5.41) is 13.6. The molecular weight excluding hydrogens is 313 g/mol. The third kappa shape index (κ3) is 2.74. The molecule has 0 aliphatic heterocycles. The average Bonchev–Trinajstić information content (AvgIpc) is 3.15. The molecule has 0 bridgehead atoms. The Morgan fingerprint density at radius 2 is 1.74 bits per heavy atom. The van der Waals surface area contributed by atoms with Crippen LogP contribution >= 0.6 is 11.3 Å². The molecule has 3 aromatic heterocycles. The minimum absolute atomic E-state index is 0.247. The average molecular weight is 323 g/mol. The van der Waals surface area contributed by atoms with Gasteiger partial charge in [0, 0.05) is 18.0 Å². The largest absolute Gasteiger partial charge is 0.265 e. The lowest BCUT2D eigenvalue weighted by atomic mass is 10.2. The number of nitrogens with zero attached hydrogens (tertiary/aromatic N) is 5. The molecule has 5 nitrogen and oxygen atoms in total. The fraction of sp³-hybridized carbons (Fsp3) is 0. The van der Waals surface area contributed by atoms with E-state index in [1.54, 1.807) is 29.0 Å². The Morgan fingerprint density at radius 3 is 2.52 bits per heavy atom. The van der Waals surface area contributed by atoms with Crippen molar-refractivity contribution in [2.75, 3.05) is 0 Å². The first-order chi connectivity index (χ1) is 11.3. The lowest BCUT2D eigenvalue weighted by Crippen LogP contribution is -1.90. The SMILES string of the molecule is Fc1ccc(C=Cc2nn3c(-c4ccncc4)nnc3s2)cc1. The predicted octanol–water partition coefficient (Wildman–Crippen LogP) is 3.56. The summed E-state index contributed by atoms with van der Waals surface area (Å²) in [5.41, 5.74) is 1.82. The van der Waals surface area contributed by atoms with Crippen LogP contribution in [0.5, 0.6) is 0 Å². The molecule has 0 radical (unpaired) electrons. The van der Waals surface area contributed by atoms with Crippen LogP contribution in [0.1, 0.15) is 10.6 Å². The van der Waals surface area contributed by atoms with E-state index < -0.39 is 0 Å². The maximum atomic E-state index is 12.9. The number of aromatic nitrogens is 5. The van der Waals surface area contributed by atoms with E-state index in [9.17, 15) is 4.39 Å². The van der Waals surface area contributed by atoms with Crippen LogP contribution in [0, 0.1) is 5.82 Å². The van der Waals surface area contributed by atoms with Gasteiger partial charge in [0.05, 0.1) is 0 Å². The second-order valence-electron chi connectivity index (χ2n) is 4.78. The molecule has 0 atom stereocenters. The molecule has 112 valence electrons. The van der Waals surface area contributed by atoms with Gasteiger partial charge in [0.1, 0.15) is 10.8 Å². The van der Waals surface area contributed by atoms with Crippen LogP contribution in [0.25, 0.3) is 28.5 Å². The smallest absolute Gasteiger partial charge is 0.235 e.